The molecule has 84 heavy (non-hydrogen) atoms. The number of hydrogen-bond donors (Lipinski definition) is 7. The number of hydrogen-bond acceptors (Lipinski definition) is 13. The first-order valence-electron chi connectivity index (χ1n) is 27.8. The summed E-state index contributed by atoms with van der Waals surface area (Å²) >= 11 is 2.45. The molecule has 0 unspecified atom stereocenters. The number of halogens is 2. The minimum atomic E-state index is -5.88. The molecule has 8 atom stereocenters. The van der Waals surface area contributed by atoms with Crippen LogP contribution in [0.15, 0.2) is 84.4 Å². The van der Waals surface area contributed by atoms with E-state index in [1.807, 2.05) is 68.4 Å². The van der Waals surface area contributed by atoms with E-state index in [-0.39, 0.29) is 48.0 Å². The van der Waals surface area contributed by atoms with E-state index in [2.05, 4.69) is 26.3 Å². The van der Waals surface area contributed by atoms with Crippen molar-refractivity contribution in [1.82, 2.24) is 41.0 Å². The molecule has 3 aromatic carbocycles. The van der Waals surface area contributed by atoms with E-state index >= 15 is 0 Å². The first-order chi connectivity index (χ1) is 39.4. The number of thiazole rings is 1. The summed E-state index contributed by atoms with van der Waals surface area (Å²) in [5.74, 6) is -4.19. The lowest BCUT2D eigenvalue weighted by atomic mass is 9.85. The van der Waals surface area contributed by atoms with Crippen molar-refractivity contribution in [2.75, 3.05) is 39.3 Å². The van der Waals surface area contributed by atoms with Gasteiger partial charge in [0.1, 0.15) is 30.8 Å². The first-order valence-corrected chi connectivity index (χ1v) is 31.1. The van der Waals surface area contributed by atoms with Crippen LogP contribution in [-0.4, -0.2) is 152 Å². The summed E-state index contributed by atoms with van der Waals surface area (Å²) < 4.78 is 47.4. The van der Waals surface area contributed by atoms with Gasteiger partial charge in [0, 0.05) is 55.2 Å². The number of likely N-dealkylation sites (tertiary alicyclic amines) is 3. The van der Waals surface area contributed by atoms with Crippen LogP contribution in [0.3, 0.4) is 0 Å². The normalized spacial score (nSPS) is 20.7. The van der Waals surface area contributed by atoms with Crippen molar-refractivity contribution < 1.29 is 66.5 Å². The fraction of sp³-hybridized carbons (Fsp3) is 0.492. The molecule has 3 saturated heterocycles. The van der Waals surface area contributed by atoms with Crippen molar-refractivity contribution >= 4 is 81.7 Å². The van der Waals surface area contributed by atoms with Gasteiger partial charge in [-0.1, -0.05) is 102 Å². The van der Waals surface area contributed by atoms with Gasteiger partial charge in [0.05, 0.1) is 45.8 Å². The smallest absolute Gasteiger partial charge is 0.391 e. The van der Waals surface area contributed by atoms with Crippen LogP contribution in [0.4, 0.5) is 8.78 Å². The van der Waals surface area contributed by atoms with Gasteiger partial charge >= 0.3 is 13.3 Å². The zero-order chi connectivity index (χ0) is 61.2. The maximum absolute atomic E-state index is 15.0. The van der Waals surface area contributed by atoms with Gasteiger partial charge in [-0.15, -0.1) is 22.7 Å². The minimum Gasteiger partial charge on any atom is -0.391 e. The zero-order valence-electron chi connectivity index (χ0n) is 48.1. The molecule has 5 heterocycles. The highest BCUT2D eigenvalue weighted by molar-refractivity contribution is 7.52. The second-order valence-electron chi connectivity index (χ2n) is 24.1. The fourth-order valence-corrected chi connectivity index (χ4v) is 13.2. The maximum atomic E-state index is 15.0. The molecule has 7 N–H and O–H groups in total. The largest absolute Gasteiger partial charge is 0.399 e. The number of β-amino-alcohol motifs (C(OH)–C–C–N with tert-alkyl or cyclic N) is 1. The summed E-state index contributed by atoms with van der Waals surface area (Å²) in [4.78, 5) is 127. The van der Waals surface area contributed by atoms with Gasteiger partial charge in [-0.3, -0.25) is 38.1 Å². The summed E-state index contributed by atoms with van der Waals surface area (Å²) in [6, 6.07) is 16.8. The van der Waals surface area contributed by atoms with E-state index in [4.69, 9.17) is 4.74 Å². The lowest BCUT2D eigenvalue weighted by molar-refractivity contribution is -0.147. The summed E-state index contributed by atoms with van der Waals surface area (Å²) in [6.07, 6.45) is -0.379. The number of nitrogens with zero attached hydrogens (tertiary/aromatic N) is 4. The van der Waals surface area contributed by atoms with Crippen LogP contribution < -0.4 is 21.3 Å². The molecule has 0 saturated carbocycles. The fourth-order valence-electron chi connectivity index (χ4n) is 11.0. The van der Waals surface area contributed by atoms with Crippen LogP contribution in [-0.2, 0) is 43.7 Å². The SMILES string of the molecule is Cc1ncsc1-c1ccc([C@H](C)NC(=O)[C@@H]2C[C@@H](O)CN2C(=O)[C@@H](NC(=O)CNC(=O)CO[C@H]2C[C@@H](C(=O)N3CCC[C@H](c4ccccc4)C3)N(C(=O)[C@@H](NC(=O)c3cc4cc(C(F)(F)P(=O)(O)O)ccc4s3)C(C)(C)C)C2)C(C)(C)C)cc1. The Morgan fingerprint density at radius 3 is 2.10 bits per heavy atom. The van der Waals surface area contributed by atoms with Crippen LogP contribution in [0.2, 0.25) is 0 Å². The highest BCUT2D eigenvalue weighted by Gasteiger charge is 2.51. The minimum absolute atomic E-state index is 0.0186. The van der Waals surface area contributed by atoms with Crippen LogP contribution in [0.25, 0.3) is 20.5 Å². The number of aliphatic hydroxyl groups is 1. The van der Waals surface area contributed by atoms with Gasteiger partial charge in [-0.2, -0.15) is 8.78 Å². The van der Waals surface area contributed by atoms with Crippen molar-refractivity contribution in [3.05, 3.63) is 112 Å². The van der Waals surface area contributed by atoms with Crippen LogP contribution in [0.5, 0.6) is 0 Å². The Morgan fingerprint density at radius 2 is 1.46 bits per heavy atom. The number of alkyl halides is 2. The van der Waals surface area contributed by atoms with Crippen molar-refractivity contribution in [3.8, 4) is 10.4 Å². The molecule has 0 spiro atoms. The van der Waals surface area contributed by atoms with E-state index in [0.717, 1.165) is 57.2 Å². The van der Waals surface area contributed by atoms with Gasteiger partial charge in [0.15, 0.2) is 0 Å². The molecule has 5 aromatic rings. The number of carbonyl (C=O) groups is 7. The molecule has 3 fully saturated rings. The zero-order valence-corrected chi connectivity index (χ0v) is 50.6. The second-order valence-corrected chi connectivity index (χ2v) is 27.7. The molecule has 0 bridgehead atoms. The predicted molar refractivity (Wildman–Crippen MR) is 313 cm³/mol. The molecule has 25 heteroatoms. The van der Waals surface area contributed by atoms with E-state index < -0.39 is 121 Å². The van der Waals surface area contributed by atoms with E-state index in [1.54, 1.807) is 52.0 Å². The highest BCUT2D eigenvalue weighted by atomic mass is 32.1. The van der Waals surface area contributed by atoms with Crippen molar-refractivity contribution in [3.63, 3.8) is 0 Å². The van der Waals surface area contributed by atoms with E-state index in [1.165, 1.54) is 33.3 Å². The Labute approximate surface area is 494 Å². The summed E-state index contributed by atoms with van der Waals surface area (Å²) in [7, 11) is -5.88. The number of carbonyl (C=O) groups excluding carboxylic acids is 7. The number of nitrogens with one attached hydrogen (secondary N) is 4. The molecule has 2 aromatic heterocycles. The molecule has 0 aliphatic carbocycles. The number of benzene rings is 3. The van der Waals surface area contributed by atoms with Gasteiger partial charge in [-0.05, 0) is 77.8 Å². The van der Waals surface area contributed by atoms with Gasteiger partial charge < -0.3 is 55.6 Å². The molecule has 452 valence electrons. The van der Waals surface area contributed by atoms with Crippen LogP contribution >= 0.6 is 30.3 Å². The van der Waals surface area contributed by atoms with Gasteiger partial charge in [0.25, 0.3) is 5.91 Å². The van der Waals surface area contributed by atoms with Crippen molar-refractivity contribution in [2.24, 2.45) is 10.8 Å². The molecule has 20 nitrogen and oxygen atoms in total. The van der Waals surface area contributed by atoms with Crippen LogP contribution in [0.1, 0.15) is 118 Å². The predicted octanol–water partition coefficient (Wildman–Crippen LogP) is 6.58. The van der Waals surface area contributed by atoms with Crippen molar-refractivity contribution in [1.29, 1.82) is 0 Å². The third kappa shape index (κ3) is 14.6. The number of fused-ring (bicyclic) bond motifs is 1. The summed E-state index contributed by atoms with van der Waals surface area (Å²) in [5.41, 5.74) is -1.71. The number of rotatable bonds is 18. The standard InChI is InChI=1S/C59H73F2N8O12PS2/c1-33(35-16-18-37(19-17-35)49-34(2)63-32-83-49)64-52(73)43-25-41(70)29-68(43)55(76)50(57(3,4)5)65-47(71)27-62-48(72)31-81-42-26-44(54(75)67-22-12-15-38(28-67)36-13-10-9-11-14-36)69(30-42)56(77)51(58(6,7)8)66-53(74)46-24-39-23-40(20-21-45(39)84-46)59(60,61)82(78,79)80/h9-11,13-14,16-21,23-24,32-33,38,41-44,50-51,70H,12,15,22,25-31H2,1-8H3,(H,62,72)(H,64,73)(H,65,71)(H,66,74)(H2,78,79,80)/t33-,38-,41+,42-,43-,44-,50+,51+/m0/s1. The second kappa shape index (κ2) is 25.6. The van der Waals surface area contributed by atoms with Gasteiger partial charge in [-0.25, -0.2) is 4.98 Å². The lowest BCUT2D eigenvalue weighted by Gasteiger charge is -2.38. The molecule has 8 rings (SSSR count). The molecule has 3 aliphatic heterocycles. The monoisotopic (exact) mass is 1220 g/mol. The molecule has 7 amide bonds. The van der Waals surface area contributed by atoms with E-state index in [9.17, 15) is 61.8 Å². The quantitative estimate of drug-likeness (QED) is 0.0457. The number of amides is 7. The topological polar surface area (TPSA) is 277 Å². The molecule has 3 aliphatic rings. The number of ether oxygens (including phenoxy) is 1. The van der Waals surface area contributed by atoms with Crippen LogP contribution in [0, 0.1) is 17.8 Å². The number of aliphatic hydroxyl groups excluding tert-OH is 1. The average molecular weight is 1220 g/mol. The third-order valence-electron chi connectivity index (χ3n) is 15.6. The first kappa shape index (κ1) is 63.5. The Balaban J connectivity index is 0.912. The van der Waals surface area contributed by atoms with Crippen molar-refractivity contribution in [2.45, 2.75) is 135 Å². The average Bonchev–Trinajstić information content (AvgIpc) is 2.79. The Hall–Kier alpha value is -6.53. The number of aromatic nitrogens is 1. The molecule has 0 radical (unpaired) electrons. The number of thiophene rings is 1. The number of aryl methyl sites for hydroxylation is 1. The molecular formula is C59H73F2N8O12PS2. The number of piperidine rings is 1. The molecular weight excluding hydrogens is 1150 g/mol. The maximum Gasteiger partial charge on any atom is 0.399 e. The third-order valence-corrected chi connectivity index (χ3v) is 18.7. The highest BCUT2D eigenvalue weighted by Crippen LogP contribution is 2.59. The Morgan fingerprint density at radius 1 is 0.810 bits per heavy atom. The Kier molecular flexibility index (Phi) is 19.3. The lowest BCUT2D eigenvalue weighted by Crippen LogP contribution is -2.58. The van der Waals surface area contributed by atoms with Gasteiger partial charge in [0.2, 0.25) is 35.4 Å². The van der Waals surface area contributed by atoms with E-state index in [0.29, 0.717) is 24.2 Å². The summed E-state index contributed by atoms with van der Waals surface area (Å²) in [6.45, 7) is 13.4. The Bertz CT molecular complexity index is 3310. The summed E-state index contributed by atoms with van der Waals surface area (Å²) in [5, 5.41) is 21.9.